The van der Waals surface area contributed by atoms with E-state index >= 15 is 0 Å². The number of hydrogen-bond acceptors (Lipinski definition) is 6. The topological polar surface area (TPSA) is 71.1 Å². The van der Waals surface area contributed by atoms with Gasteiger partial charge in [0, 0.05) is 18.3 Å². The first kappa shape index (κ1) is 14.4. The minimum absolute atomic E-state index is 0.0531. The maximum atomic E-state index is 11.5. The van der Waals surface area contributed by atoms with Gasteiger partial charge in [0.05, 0.1) is 26.9 Å². The standard InChI is InChI=1S/C13H20O6/c1-12-7-17-13(18-8-12,19-9-12)5-3-4-10(14)6-11(15)16-2/h3-9H2,1-2H3. The molecule has 0 N–H and O–H groups in total. The lowest BCUT2D eigenvalue weighted by Gasteiger charge is -2.50. The molecule has 0 saturated carbocycles. The summed E-state index contributed by atoms with van der Waals surface area (Å²) < 4.78 is 21.3. The van der Waals surface area contributed by atoms with E-state index in [1.807, 2.05) is 0 Å². The van der Waals surface area contributed by atoms with Crippen molar-refractivity contribution in [3.8, 4) is 0 Å². The first-order chi connectivity index (χ1) is 8.97. The molecule has 0 radical (unpaired) electrons. The molecule has 3 aliphatic rings. The molecule has 2 bridgehead atoms. The van der Waals surface area contributed by atoms with Crippen LogP contribution in [0.5, 0.6) is 0 Å². The van der Waals surface area contributed by atoms with E-state index in [1.54, 1.807) is 0 Å². The number of Topliss-reactive ketones (excluding diaryl/α,β-unsaturated/α-hetero) is 1. The SMILES string of the molecule is COC(=O)CC(=O)CCCC12OCC(C)(CO1)CO2. The van der Waals surface area contributed by atoms with Crippen molar-refractivity contribution in [1.82, 2.24) is 0 Å². The molecule has 6 heteroatoms. The van der Waals surface area contributed by atoms with Crippen LogP contribution in [0.1, 0.15) is 32.6 Å². The first-order valence-corrected chi connectivity index (χ1v) is 6.47. The molecule has 0 aliphatic carbocycles. The smallest absolute Gasteiger partial charge is 0.313 e. The van der Waals surface area contributed by atoms with Crippen LogP contribution in [0.2, 0.25) is 0 Å². The number of carbonyl (C=O) groups excluding carboxylic acids is 2. The Morgan fingerprint density at radius 3 is 2.26 bits per heavy atom. The van der Waals surface area contributed by atoms with Gasteiger partial charge in [0.15, 0.2) is 0 Å². The Hall–Kier alpha value is -0.980. The monoisotopic (exact) mass is 272 g/mol. The molecule has 3 aliphatic heterocycles. The van der Waals surface area contributed by atoms with Gasteiger partial charge in [-0.15, -0.1) is 0 Å². The summed E-state index contributed by atoms with van der Waals surface area (Å²) >= 11 is 0. The minimum Gasteiger partial charge on any atom is -0.469 e. The summed E-state index contributed by atoms with van der Waals surface area (Å²) in [6.07, 6.45) is 1.18. The van der Waals surface area contributed by atoms with Gasteiger partial charge in [-0.25, -0.2) is 0 Å². The summed E-state index contributed by atoms with van der Waals surface area (Å²) in [5.74, 6) is -1.62. The quantitative estimate of drug-likeness (QED) is 0.531. The van der Waals surface area contributed by atoms with E-state index in [4.69, 9.17) is 14.2 Å². The van der Waals surface area contributed by atoms with Gasteiger partial charge in [0.2, 0.25) is 0 Å². The molecular formula is C13H20O6. The van der Waals surface area contributed by atoms with Crippen molar-refractivity contribution >= 4 is 11.8 Å². The summed E-state index contributed by atoms with van der Waals surface area (Å²) in [6, 6.07) is 0. The summed E-state index contributed by atoms with van der Waals surface area (Å²) in [7, 11) is 1.27. The van der Waals surface area contributed by atoms with Crippen molar-refractivity contribution < 1.29 is 28.5 Å². The lowest BCUT2D eigenvalue weighted by Crippen LogP contribution is -2.58. The van der Waals surface area contributed by atoms with Crippen molar-refractivity contribution in [2.45, 2.75) is 38.6 Å². The molecule has 6 nitrogen and oxygen atoms in total. The number of ketones is 1. The third-order valence-electron chi connectivity index (χ3n) is 3.43. The molecule has 19 heavy (non-hydrogen) atoms. The Morgan fingerprint density at radius 2 is 1.74 bits per heavy atom. The second-order valence-electron chi connectivity index (χ2n) is 5.50. The Bertz CT molecular complexity index is 340. The van der Waals surface area contributed by atoms with E-state index in [0.29, 0.717) is 39.1 Å². The highest BCUT2D eigenvalue weighted by molar-refractivity contribution is 5.95. The second kappa shape index (κ2) is 5.56. The number of ether oxygens (including phenoxy) is 4. The van der Waals surface area contributed by atoms with Gasteiger partial charge in [-0.2, -0.15) is 0 Å². The van der Waals surface area contributed by atoms with Crippen LogP contribution < -0.4 is 0 Å². The van der Waals surface area contributed by atoms with E-state index in [-0.39, 0.29) is 17.6 Å². The number of rotatable bonds is 6. The van der Waals surface area contributed by atoms with E-state index < -0.39 is 11.9 Å². The van der Waals surface area contributed by atoms with E-state index in [2.05, 4.69) is 11.7 Å². The van der Waals surface area contributed by atoms with Gasteiger partial charge in [0.25, 0.3) is 5.97 Å². The van der Waals surface area contributed by atoms with Crippen LogP contribution in [0.15, 0.2) is 0 Å². The van der Waals surface area contributed by atoms with Crippen molar-refractivity contribution in [2.75, 3.05) is 26.9 Å². The maximum absolute atomic E-state index is 11.5. The van der Waals surface area contributed by atoms with Crippen molar-refractivity contribution in [3.63, 3.8) is 0 Å². The third-order valence-corrected chi connectivity index (χ3v) is 3.43. The molecule has 0 spiro atoms. The fraction of sp³-hybridized carbons (Fsp3) is 0.846. The molecule has 3 rings (SSSR count). The Balaban J connectivity index is 1.71. The number of hydrogen-bond donors (Lipinski definition) is 0. The van der Waals surface area contributed by atoms with Gasteiger partial charge >= 0.3 is 5.97 Å². The molecule has 108 valence electrons. The fourth-order valence-electron chi connectivity index (χ4n) is 2.14. The van der Waals surface area contributed by atoms with Gasteiger partial charge in [-0.1, -0.05) is 6.92 Å². The van der Waals surface area contributed by atoms with Crippen LogP contribution in [0.25, 0.3) is 0 Å². The number of fused-ring (bicyclic) bond motifs is 3. The highest BCUT2D eigenvalue weighted by Crippen LogP contribution is 2.40. The molecule has 0 unspecified atom stereocenters. The zero-order chi connectivity index (χ0) is 13.9. The van der Waals surface area contributed by atoms with Crippen LogP contribution >= 0.6 is 0 Å². The lowest BCUT2D eigenvalue weighted by atomic mass is 9.91. The maximum Gasteiger partial charge on any atom is 0.313 e. The van der Waals surface area contributed by atoms with Crippen LogP contribution in [0, 0.1) is 5.41 Å². The molecule has 3 saturated heterocycles. The molecule has 0 aromatic heterocycles. The molecule has 3 fully saturated rings. The fourth-order valence-corrected chi connectivity index (χ4v) is 2.14. The summed E-state index contributed by atoms with van der Waals surface area (Å²) in [6.45, 7) is 3.89. The predicted molar refractivity (Wildman–Crippen MR) is 64.2 cm³/mol. The Labute approximate surface area is 112 Å². The number of esters is 1. The van der Waals surface area contributed by atoms with E-state index in [1.165, 1.54) is 7.11 Å². The molecule has 0 aromatic carbocycles. The second-order valence-corrected chi connectivity index (χ2v) is 5.50. The van der Waals surface area contributed by atoms with E-state index in [0.717, 1.165) is 0 Å². The van der Waals surface area contributed by atoms with Gasteiger partial charge in [-0.3, -0.25) is 9.59 Å². The third kappa shape index (κ3) is 3.52. The molecule has 3 heterocycles. The lowest BCUT2D eigenvalue weighted by molar-refractivity contribution is -0.467. The van der Waals surface area contributed by atoms with Gasteiger partial charge in [-0.05, 0) is 6.42 Å². The Morgan fingerprint density at radius 1 is 1.16 bits per heavy atom. The minimum atomic E-state index is -0.983. The van der Waals surface area contributed by atoms with Crippen molar-refractivity contribution in [1.29, 1.82) is 0 Å². The zero-order valence-electron chi connectivity index (χ0n) is 11.4. The summed E-state index contributed by atoms with van der Waals surface area (Å²) in [5, 5.41) is 0. The molecule has 0 amide bonds. The number of carbonyl (C=O) groups is 2. The van der Waals surface area contributed by atoms with Crippen LogP contribution in [-0.4, -0.2) is 44.7 Å². The van der Waals surface area contributed by atoms with Crippen molar-refractivity contribution in [3.05, 3.63) is 0 Å². The van der Waals surface area contributed by atoms with Crippen LogP contribution in [0.4, 0.5) is 0 Å². The molecular weight excluding hydrogens is 252 g/mol. The number of methoxy groups -OCH3 is 1. The highest BCUT2D eigenvalue weighted by atomic mass is 16.9. The zero-order valence-corrected chi connectivity index (χ0v) is 11.4. The van der Waals surface area contributed by atoms with Crippen molar-refractivity contribution in [2.24, 2.45) is 5.41 Å². The van der Waals surface area contributed by atoms with E-state index in [9.17, 15) is 9.59 Å². The molecule has 0 atom stereocenters. The van der Waals surface area contributed by atoms with Gasteiger partial charge in [0.1, 0.15) is 12.2 Å². The van der Waals surface area contributed by atoms with Crippen LogP contribution in [0.3, 0.4) is 0 Å². The first-order valence-electron chi connectivity index (χ1n) is 6.47. The molecule has 0 aromatic rings. The highest BCUT2D eigenvalue weighted by Gasteiger charge is 2.49. The largest absolute Gasteiger partial charge is 0.469 e. The summed E-state index contributed by atoms with van der Waals surface area (Å²) in [4.78, 5) is 22.4. The predicted octanol–water partition coefficient (Wildman–Crippen LogP) is 1.03. The average molecular weight is 272 g/mol. The summed E-state index contributed by atoms with van der Waals surface area (Å²) in [5.41, 5.74) is -0.0531. The normalized spacial score (nSPS) is 33.2. The van der Waals surface area contributed by atoms with Crippen LogP contribution in [-0.2, 0) is 28.5 Å². The Kier molecular flexibility index (Phi) is 4.23. The van der Waals surface area contributed by atoms with Gasteiger partial charge < -0.3 is 18.9 Å². The average Bonchev–Trinajstić information content (AvgIpc) is 2.40.